The van der Waals surface area contributed by atoms with Gasteiger partial charge < -0.3 is 9.30 Å². The molecule has 0 atom stereocenters. The van der Waals surface area contributed by atoms with Crippen molar-refractivity contribution in [2.24, 2.45) is 0 Å². The lowest BCUT2D eigenvalue weighted by atomic mass is 10.1. The second-order valence-corrected chi connectivity index (χ2v) is 5.47. The van der Waals surface area contributed by atoms with Crippen LogP contribution in [-0.2, 0) is 0 Å². The van der Waals surface area contributed by atoms with E-state index in [0.717, 1.165) is 30.0 Å². The Bertz CT molecular complexity index is 564. The number of ether oxygens (including phenoxy) is 1. The highest BCUT2D eigenvalue weighted by Gasteiger charge is 2.10. The molecule has 0 fully saturated rings. The fourth-order valence-electron chi connectivity index (χ4n) is 2.11. The summed E-state index contributed by atoms with van der Waals surface area (Å²) in [4.78, 5) is 4.14. The molecule has 0 bridgehead atoms. The zero-order valence-corrected chi connectivity index (χ0v) is 13.5. The summed E-state index contributed by atoms with van der Waals surface area (Å²) in [5.41, 5.74) is 2.19. The number of para-hydroxylation sites is 1. The van der Waals surface area contributed by atoms with Crippen molar-refractivity contribution in [1.82, 2.24) is 9.55 Å². The van der Waals surface area contributed by atoms with Crippen molar-refractivity contribution in [3.8, 4) is 5.75 Å². The molecular weight excluding hydrogens is 280 g/mol. The largest absolute Gasteiger partial charge is 0.493 e. The Morgan fingerprint density at radius 2 is 2.19 bits per heavy atom. The summed E-state index contributed by atoms with van der Waals surface area (Å²) in [7, 11) is 0. The molecule has 1 aromatic carbocycles. The first kappa shape index (κ1) is 15.7. The number of hydrogen-bond donors (Lipinski definition) is 0. The molecule has 0 aliphatic rings. The number of aromatic nitrogens is 2. The minimum atomic E-state index is 0.765. The van der Waals surface area contributed by atoms with E-state index >= 15 is 0 Å². The zero-order valence-electron chi connectivity index (χ0n) is 12.7. The van der Waals surface area contributed by atoms with Gasteiger partial charge in [0.2, 0.25) is 0 Å². The SMILES string of the molecule is CCCCCOc1ccccc1/C(=C\SC)n1ccnc1. The molecule has 0 aliphatic heterocycles. The maximum atomic E-state index is 5.98. The highest BCUT2D eigenvalue weighted by atomic mass is 32.2. The molecule has 0 saturated heterocycles. The summed E-state index contributed by atoms with van der Waals surface area (Å²) in [5, 5.41) is 2.12. The highest BCUT2D eigenvalue weighted by molar-refractivity contribution is 8.01. The predicted molar refractivity (Wildman–Crippen MR) is 90.6 cm³/mol. The third-order valence-electron chi connectivity index (χ3n) is 3.18. The topological polar surface area (TPSA) is 27.1 Å². The third-order valence-corrected chi connectivity index (χ3v) is 3.64. The van der Waals surface area contributed by atoms with Crippen molar-refractivity contribution >= 4 is 17.5 Å². The lowest BCUT2D eigenvalue weighted by molar-refractivity contribution is 0.305. The van der Waals surface area contributed by atoms with E-state index in [1.165, 1.54) is 12.8 Å². The maximum Gasteiger partial charge on any atom is 0.128 e. The molecule has 0 unspecified atom stereocenters. The van der Waals surface area contributed by atoms with E-state index in [1.807, 2.05) is 35.3 Å². The predicted octanol–water partition coefficient (Wildman–Crippen LogP) is 4.66. The number of hydrogen-bond acceptors (Lipinski definition) is 3. The van der Waals surface area contributed by atoms with Gasteiger partial charge in [0.15, 0.2) is 0 Å². The number of thioether (sulfide) groups is 1. The Labute approximate surface area is 131 Å². The average molecular weight is 302 g/mol. The van der Waals surface area contributed by atoms with Crippen molar-refractivity contribution in [2.45, 2.75) is 26.2 Å². The quantitative estimate of drug-likeness (QED) is 0.663. The van der Waals surface area contributed by atoms with Crippen LogP contribution < -0.4 is 4.74 Å². The Balaban J connectivity index is 2.23. The summed E-state index contributed by atoms with van der Waals surface area (Å²) in [6, 6.07) is 8.19. The molecular formula is C17H22N2OS. The van der Waals surface area contributed by atoms with Crippen molar-refractivity contribution in [2.75, 3.05) is 12.9 Å². The molecule has 1 aromatic heterocycles. The average Bonchev–Trinajstić information content (AvgIpc) is 3.04. The van der Waals surface area contributed by atoms with Crippen molar-refractivity contribution in [3.05, 3.63) is 54.0 Å². The van der Waals surface area contributed by atoms with Gasteiger partial charge in [-0.25, -0.2) is 4.98 Å². The first-order valence-electron chi connectivity index (χ1n) is 7.30. The molecule has 0 radical (unpaired) electrons. The van der Waals surface area contributed by atoms with Gasteiger partial charge in [0, 0.05) is 18.0 Å². The van der Waals surface area contributed by atoms with E-state index in [2.05, 4.69) is 29.6 Å². The molecule has 0 N–H and O–H groups in total. The number of imidazole rings is 1. The minimum absolute atomic E-state index is 0.765. The van der Waals surface area contributed by atoms with Crippen molar-refractivity contribution in [3.63, 3.8) is 0 Å². The summed E-state index contributed by atoms with van der Waals surface area (Å²) in [5.74, 6) is 0.933. The van der Waals surface area contributed by atoms with Gasteiger partial charge in [-0.2, -0.15) is 0 Å². The Morgan fingerprint density at radius 3 is 2.90 bits per heavy atom. The monoisotopic (exact) mass is 302 g/mol. The molecule has 112 valence electrons. The second kappa shape index (κ2) is 8.57. The lowest BCUT2D eigenvalue weighted by Crippen LogP contribution is -2.03. The molecule has 21 heavy (non-hydrogen) atoms. The van der Waals surface area contributed by atoms with Gasteiger partial charge in [-0.15, -0.1) is 11.8 Å². The van der Waals surface area contributed by atoms with Gasteiger partial charge in [0.25, 0.3) is 0 Å². The van der Waals surface area contributed by atoms with Crippen LogP contribution in [0.5, 0.6) is 5.75 Å². The molecule has 0 amide bonds. The molecule has 3 nitrogen and oxygen atoms in total. The number of rotatable bonds is 8. The van der Waals surface area contributed by atoms with Crippen molar-refractivity contribution < 1.29 is 4.74 Å². The van der Waals surface area contributed by atoms with Crippen LogP contribution in [0.2, 0.25) is 0 Å². The van der Waals surface area contributed by atoms with Gasteiger partial charge in [-0.3, -0.25) is 0 Å². The van der Waals surface area contributed by atoms with Gasteiger partial charge in [-0.05, 0) is 30.2 Å². The highest BCUT2D eigenvalue weighted by Crippen LogP contribution is 2.28. The Hall–Kier alpha value is -1.68. The van der Waals surface area contributed by atoms with Gasteiger partial charge in [0.05, 0.1) is 18.6 Å². The number of unbranched alkanes of at least 4 members (excludes halogenated alkanes) is 2. The summed E-state index contributed by atoms with van der Waals surface area (Å²) < 4.78 is 8.00. The van der Waals surface area contributed by atoms with E-state index in [-0.39, 0.29) is 0 Å². The first-order valence-corrected chi connectivity index (χ1v) is 8.59. The molecule has 0 spiro atoms. The van der Waals surface area contributed by atoms with E-state index in [1.54, 1.807) is 18.0 Å². The zero-order chi connectivity index (χ0) is 14.9. The second-order valence-electron chi connectivity index (χ2n) is 4.76. The van der Waals surface area contributed by atoms with Crippen molar-refractivity contribution in [1.29, 1.82) is 0 Å². The van der Waals surface area contributed by atoms with Crippen LogP contribution in [0.1, 0.15) is 31.7 Å². The third kappa shape index (κ3) is 4.39. The normalized spacial score (nSPS) is 11.6. The van der Waals surface area contributed by atoms with E-state index in [0.29, 0.717) is 0 Å². The Kier molecular flexibility index (Phi) is 6.41. The van der Waals surface area contributed by atoms with Crippen LogP contribution in [0, 0.1) is 0 Å². The molecule has 0 aliphatic carbocycles. The standard InChI is InChI=1S/C17H22N2OS/c1-3-4-7-12-20-17-9-6-5-8-15(17)16(13-21-2)19-11-10-18-14-19/h5-6,8-11,13-14H,3-4,7,12H2,1-2H3/b16-13+. The smallest absolute Gasteiger partial charge is 0.128 e. The summed E-state index contributed by atoms with van der Waals surface area (Å²) in [6.07, 6.45) is 11.1. The molecule has 1 heterocycles. The van der Waals surface area contributed by atoms with Crippen LogP contribution >= 0.6 is 11.8 Å². The lowest BCUT2D eigenvalue weighted by Gasteiger charge is -2.14. The van der Waals surface area contributed by atoms with Gasteiger partial charge in [-0.1, -0.05) is 31.9 Å². The first-order chi connectivity index (χ1) is 10.4. The van der Waals surface area contributed by atoms with E-state index in [9.17, 15) is 0 Å². The fraction of sp³-hybridized carbons (Fsp3) is 0.353. The molecule has 0 saturated carbocycles. The van der Waals surface area contributed by atoms with Crippen LogP contribution in [0.3, 0.4) is 0 Å². The molecule has 2 rings (SSSR count). The van der Waals surface area contributed by atoms with E-state index in [4.69, 9.17) is 4.74 Å². The van der Waals surface area contributed by atoms with Crippen LogP contribution in [-0.4, -0.2) is 22.4 Å². The van der Waals surface area contributed by atoms with E-state index < -0.39 is 0 Å². The van der Waals surface area contributed by atoms with Gasteiger partial charge >= 0.3 is 0 Å². The summed E-state index contributed by atoms with van der Waals surface area (Å²) >= 11 is 1.68. The fourth-order valence-corrected chi connectivity index (χ4v) is 2.59. The Morgan fingerprint density at radius 1 is 1.33 bits per heavy atom. The molecule has 2 aromatic rings. The maximum absolute atomic E-state index is 5.98. The summed E-state index contributed by atoms with van der Waals surface area (Å²) in [6.45, 7) is 2.97. The minimum Gasteiger partial charge on any atom is -0.493 e. The van der Waals surface area contributed by atoms with Crippen LogP contribution in [0.25, 0.3) is 5.70 Å². The van der Waals surface area contributed by atoms with Gasteiger partial charge in [0.1, 0.15) is 5.75 Å². The van der Waals surface area contributed by atoms with Crippen LogP contribution in [0.15, 0.2) is 48.4 Å². The molecule has 4 heteroatoms. The van der Waals surface area contributed by atoms with Crippen LogP contribution in [0.4, 0.5) is 0 Å². The number of benzene rings is 1. The number of nitrogens with zero attached hydrogens (tertiary/aromatic N) is 2.